The van der Waals surface area contributed by atoms with Gasteiger partial charge < -0.3 is 19.7 Å². The van der Waals surface area contributed by atoms with Crippen molar-refractivity contribution in [3.05, 3.63) is 24.2 Å². The molecule has 6 nitrogen and oxygen atoms in total. The minimum absolute atomic E-state index is 0.187. The zero-order valence-corrected chi connectivity index (χ0v) is 17.3. The first kappa shape index (κ1) is 22.5. The maximum absolute atomic E-state index is 12.4. The predicted octanol–water partition coefficient (Wildman–Crippen LogP) is 3.77. The molecule has 1 amide bonds. The number of hydrogen-bond donors (Lipinski definition) is 2. The fourth-order valence-corrected chi connectivity index (χ4v) is 4.93. The molecule has 2 unspecified atom stereocenters. The quantitative estimate of drug-likeness (QED) is 0.658. The van der Waals surface area contributed by atoms with E-state index in [4.69, 9.17) is 14.3 Å². The van der Waals surface area contributed by atoms with Gasteiger partial charge in [-0.25, -0.2) is 0 Å². The second kappa shape index (κ2) is 11.9. The van der Waals surface area contributed by atoms with E-state index in [0.717, 1.165) is 11.7 Å². The topological polar surface area (TPSA) is 82.8 Å². The van der Waals surface area contributed by atoms with Crippen LogP contribution in [0.3, 0.4) is 0 Å². The molecule has 0 aromatic carbocycles. The fraction of sp³-hybridized carbons (Fsp3) is 0.727. The zero-order valence-electron chi connectivity index (χ0n) is 17.3. The van der Waals surface area contributed by atoms with E-state index in [0.29, 0.717) is 30.7 Å². The lowest BCUT2D eigenvalue weighted by Gasteiger charge is -2.48. The molecule has 1 saturated heterocycles. The Kier molecular flexibility index (Phi) is 9.55. The van der Waals surface area contributed by atoms with Crippen LogP contribution in [0.2, 0.25) is 0 Å². The molecule has 2 bridgehead atoms. The Morgan fingerprint density at radius 1 is 1.32 bits per heavy atom. The second-order valence-electron chi connectivity index (χ2n) is 8.18. The highest BCUT2D eigenvalue weighted by Gasteiger charge is 2.40. The summed E-state index contributed by atoms with van der Waals surface area (Å²) >= 11 is 0. The van der Waals surface area contributed by atoms with Gasteiger partial charge in [0.25, 0.3) is 6.47 Å². The first-order chi connectivity index (χ1) is 13.6. The Bertz CT molecular complexity index is 557. The zero-order chi connectivity index (χ0) is 20.4. The maximum atomic E-state index is 12.4. The third kappa shape index (κ3) is 6.66. The second-order valence-corrected chi connectivity index (χ2v) is 8.18. The van der Waals surface area contributed by atoms with Crippen LogP contribution in [0.1, 0.15) is 58.1 Å². The van der Waals surface area contributed by atoms with Crippen molar-refractivity contribution in [3.8, 4) is 0 Å². The summed E-state index contributed by atoms with van der Waals surface area (Å²) in [5.74, 6) is 3.82. The van der Waals surface area contributed by atoms with Crippen molar-refractivity contribution >= 4 is 12.4 Å². The van der Waals surface area contributed by atoms with Crippen molar-refractivity contribution in [2.24, 2.45) is 23.7 Å². The Morgan fingerprint density at radius 3 is 2.50 bits per heavy atom. The Morgan fingerprint density at radius 2 is 1.96 bits per heavy atom. The maximum Gasteiger partial charge on any atom is 0.290 e. The normalized spacial score (nSPS) is 24.3. The Balaban J connectivity index is 0.000000878. The predicted molar refractivity (Wildman–Crippen MR) is 109 cm³/mol. The van der Waals surface area contributed by atoms with E-state index < -0.39 is 0 Å². The van der Waals surface area contributed by atoms with Gasteiger partial charge in [-0.2, -0.15) is 0 Å². The van der Waals surface area contributed by atoms with Gasteiger partial charge in [-0.1, -0.05) is 33.1 Å². The summed E-state index contributed by atoms with van der Waals surface area (Å²) in [4.78, 5) is 23.5. The number of nitrogens with one attached hydrogen (secondary N) is 1. The monoisotopic (exact) mass is 392 g/mol. The van der Waals surface area contributed by atoms with Gasteiger partial charge in [0.1, 0.15) is 5.76 Å². The van der Waals surface area contributed by atoms with Crippen LogP contribution in [-0.2, 0) is 16.1 Å². The molecule has 1 aliphatic heterocycles. The van der Waals surface area contributed by atoms with Crippen molar-refractivity contribution < 1.29 is 19.1 Å². The standard InChI is InChI=1S/C21H34N2O2.CH2O2/c1-3-16(4-2)13-23-14-17-7-5-8-18(15-23)20(17)11-21(24)22-12-19-9-6-10-25-19;2-1-3/h6,9-10,16-18,20H,3-5,7-8,11-15H2,1-2H3,(H,22,24);1H,(H,2,3). The molecular weight excluding hydrogens is 356 g/mol. The first-order valence-electron chi connectivity index (χ1n) is 10.7. The van der Waals surface area contributed by atoms with Crippen molar-refractivity contribution in [2.45, 2.75) is 58.9 Å². The van der Waals surface area contributed by atoms with Crippen LogP contribution in [0.15, 0.2) is 22.8 Å². The average molecular weight is 393 g/mol. The number of fused-ring (bicyclic) bond motifs is 2. The molecule has 0 spiro atoms. The number of carbonyl (C=O) groups excluding carboxylic acids is 1. The molecule has 2 aliphatic rings. The van der Waals surface area contributed by atoms with Crippen molar-refractivity contribution in [1.82, 2.24) is 10.2 Å². The largest absolute Gasteiger partial charge is 0.483 e. The fourth-order valence-electron chi connectivity index (χ4n) is 4.93. The van der Waals surface area contributed by atoms with E-state index in [-0.39, 0.29) is 12.4 Å². The van der Waals surface area contributed by atoms with Gasteiger partial charge in [0.15, 0.2) is 0 Å². The molecule has 2 fully saturated rings. The molecule has 1 aliphatic carbocycles. The smallest absolute Gasteiger partial charge is 0.290 e. The lowest BCUT2D eigenvalue weighted by Crippen LogP contribution is -2.50. The molecule has 1 aromatic heterocycles. The third-order valence-electron chi connectivity index (χ3n) is 6.48. The van der Waals surface area contributed by atoms with Crippen LogP contribution < -0.4 is 5.32 Å². The highest BCUT2D eigenvalue weighted by molar-refractivity contribution is 5.76. The minimum atomic E-state index is -0.250. The van der Waals surface area contributed by atoms with Crippen LogP contribution in [0.5, 0.6) is 0 Å². The summed E-state index contributed by atoms with van der Waals surface area (Å²) in [6.45, 7) is 8.52. The number of likely N-dealkylation sites (tertiary alicyclic amines) is 1. The van der Waals surface area contributed by atoms with Crippen LogP contribution in [-0.4, -0.2) is 42.0 Å². The molecule has 6 heteroatoms. The van der Waals surface area contributed by atoms with E-state index in [2.05, 4.69) is 24.1 Å². The van der Waals surface area contributed by atoms with E-state index in [1.807, 2.05) is 12.1 Å². The summed E-state index contributed by atoms with van der Waals surface area (Å²) in [5.41, 5.74) is 0. The third-order valence-corrected chi connectivity index (χ3v) is 6.48. The van der Waals surface area contributed by atoms with E-state index in [1.54, 1.807) is 6.26 Å². The molecule has 2 N–H and O–H groups in total. The van der Waals surface area contributed by atoms with E-state index >= 15 is 0 Å². The van der Waals surface area contributed by atoms with Gasteiger partial charge in [0, 0.05) is 26.1 Å². The molecule has 2 heterocycles. The van der Waals surface area contributed by atoms with Gasteiger partial charge >= 0.3 is 0 Å². The number of carbonyl (C=O) groups is 2. The summed E-state index contributed by atoms with van der Waals surface area (Å²) in [5, 5.41) is 9.93. The number of amides is 1. The number of rotatable bonds is 8. The minimum Gasteiger partial charge on any atom is -0.483 e. The lowest BCUT2D eigenvalue weighted by molar-refractivity contribution is -0.125. The number of hydrogen-bond acceptors (Lipinski definition) is 4. The molecule has 2 atom stereocenters. The number of carboxylic acid groups (broad SMARTS) is 1. The summed E-state index contributed by atoms with van der Waals surface area (Å²) in [6.07, 6.45) is 8.84. The van der Waals surface area contributed by atoms with E-state index in [9.17, 15) is 4.79 Å². The van der Waals surface area contributed by atoms with Crippen LogP contribution in [0, 0.1) is 23.7 Å². The van der Waals surface area contributed by atoms with Crippen molar-refractivity contribution in [1.29, 1.82) is 0 Å². The van der Waals surface area contributed by atoms with Crippen LogP contribution in [0.4, 0.5) is 0 Å². The molecule has 1 aromatic rings. The first-order valence-corrected chi connectivity index (χ1v) is 10.7. The SMILES string of the molecule is CCC(CC)CN1CC2CCCC(C1)C2CC(=O)NCc1ccco1.O=CO. The molecule has 0 radical (unpaired) electrons. The highest BCUT2D eigenvalue weighted by atomic mass is 16.3. The number of nitrogens with zero attached hydrogens (tertiary/aromatic N) is 1. The van der Waals surface area contributed by atoms with Gasteiger partial charge in [0.05, 0.1) is 12.8 Å². The lowest BCUT2D eigenvalue weighted by atomic mass is 9.67. The van der Waals surface area contributed by atoms with Crippen molar-refractivity contribution in [3.63, 3.8) is 0 Å². The molecule has 28 heavy (non-hydrogen) atoms. The van der Waals surface area contributed by atoms with Gasteiger partial charge in [0.2, 0.25) is 5.91 Å². The summed E-state index contributed by atoms with van der Waals surface area (Å²) < 4.78 is 5.30. The van der Waals surface area contributed by atoms with Crippen molar-refractivity contribution in [2.75, 3.05) is 19.6 Å². The Hall–Kier alpha value is -1.82. The van der Waals surface area contributed by atoms with Gasteiger partial charge in [-0.05, 0) is 48.6 Å². The highest BCUT2D eigenvalue weighted by Crippen LogP contribution is 2.41. The van der Waals surface area contributed by atoms with Gasteiger partial charge in [-0.15, -0.1) is 0 Å². The van der Waals surface area contributed by atoms with Crippen LogP contribution in [0.25, 0.3) is 0 Å². The molecule has 1 saturated carbocycles. The molecule has 3 rings (SSSR count). The van der Waals surface area contributed by atoms with Crippen LogP contribution >= 0.6 is 0 Å². The Labute approximate surface area is 168 Å². The molecular formula is C22H36N2O4. The average Bonchev–Trinajstić information content (AvgIpc) is 3.19. The molecule has 158 valence electrons. The number of piperidine rings is 1. The van der Waals surface area contributed by atoms with Gasteiger partial charge in [-0.3, -0.25) is 9.59 Å². The summed E-state index contributed by atoms with van der Waals surface area (Å²) in [6, 6.07) is 3.77. The number of furan rings is 1. The summed E-state index contributed by atoms with van der Waals surface area (Å²) in [7, 11) is 0. The van der Waals surface area contributed by atoms with E-state index in [1.165, 1.54) is 51.7 Å².